The minimum atomic E-state index is 0.00595. The first-order valence-corrected chi connectivity index (χ1v) is 10.8. The third kappa shape index (κ3) is 3.72. The molecule has 1 amide bonds. The van der Waals surface area contributed by atoms with E-state index >= 15 is 0 Å². The highest BCUT2D eigenvalue weighted by Gasteiger charge is 2.25. The highest BCUT2D eigenvalue weighted by molar-refractivity contribution is 5.97. The molecule has 7 heteroatoms. The van der Waals surface area contributed by atoms with Crippen molar-refractivity contribution in [3.05, 3.63) is 63.8 Å². The van der Waals surface area contributed by atoms with Gasteiger partial charge in [-0.3, -0.25) is 19.6 Å². The molecule has 0 radical (unpaired) electrons. The predicted molar refractivity (Wildman–Crippen MR) is 113 cm³/mol. The van der Waals surface area contributed by atoms with Crippen molar-refractivity contribution >= 4 is 16.9 Å². The first kappa shape index (κ1) is 18.9. The summed E-state index contributed by atoms with van der Waals surface area (Å²) in [6.07, 6.45) is 9.29. The second-order valence-corrected chi connectivity index (χ2v) is 8.34. The molecular weight excluding hydrogens is 378 g/mol. The van der Waals surface area contributed by atoms with Gasteiger partial charge in [-0.1, -0.05) is 0 Å². The van der Waals surface area contributed by atoms with Crippen molar-refractivity contribution in [2.75, 3.05) is 13.1 Å². The Kier molecular flexibility index (Phi) is 5.02. The van der Waals surface area contributed by atoms with Crippen LogP contribution in [0, 0.1) is 5.92 Å². The Morgan fingerprint density at radius 3 is 2.60 bits per heavy atom. The molecule has 2 aromatic heterocycles. The van der Waals surface area contributed by atoms with E-state index in [2.05, 4.69) is 15.1 Å². The summed E-state index contributed by atoms with van der Waals surface area (Å²) in [6.45, 7) is 2.03. The van der Waals surface area contributed by atoms with Crippen LogP contribution in [0.4, 0.5) is 0 Å². The normalized spacial score (nSPS) is 17.1. The van der Waals surface area contributed by atoms with Crippen molar-refractivity contribution in [3.63, 3.8) is 0 Å². The predicted octanol–water partition coefficient (Wildman–Crippen LogP) is 2.62. The highest BCUT2D eigenvalue weighted by Crippen LogP contribution is 2.22. The maximum atomic E-state index is 12.9. The molecule has 5 rings (SSSR count). The van der Waals surface area contributed by atoms with E-state index in [4.69, 9.17) is 0 Å². The number of hydrogen-bond donors (Lipinski definition) is 0. The van der Waals surface area contributed by atoms with Gasteiger partial charge in [0.1, 0.15) is 0 Å². The van der Waals surface area contributed by atoms with E-state index in [9.17, 15) is 9.59 Å². The van der Waals surface area contributed by atoms with Crippen LogP contribution in [0.3, 0.4) is 0 Å². The Balaban J connectivity index is 1.24. The molecule has 154 valence electrons. The van der Waals surface area contributed by atoms with Gasteiger partial charge in [0, 0.05) is 43.7 Å². The van der Waals surface area contributed by atoms with Crippen molar-refractivity contribution in [1.82, 2.24) is 24.6 Å². The topological polar surface area (TPSA) is 81.0 Å². The Bertz CT molecular complexity index is 1150. The summed E-state index contributed by atoms with van der Waals surface area (Å²) in [4.78, 5) is 35.8. The molecule has 0 N–H and O–H groups in total. The first-order valence-electron chi connectivity index (χ1n) is 10.8. The highest BCUT2D eigenvalue weighted by atomic mass is 16.2. The van der Waals surface area contributed by atoms with Gasteiger partial charge >= 0.3 is 0 Å². The minimum Gasteiger partial charge on any atom is -0.339 e. The third-order valence-electron chi connectivity index (χ3n) is 6.32. The van der Waals surface area contributed by atoms with Gasteiger partial charge in [0.05, 0.1) is 16.7 Å². The summed E-state index contributed by atoms with van der Waals surface area (Å²) < 4.78 is 1.65. The van der Waals surface area contributed by atoms with Gasteiger partial charge in [-0.2, -0.15) is 5.10 Å². The van der Waals surface area contributed by atoms with Crippen LogP contribution in [0.5, 0.6) is 0 Å². The monoisotopic (exact) mass is 403 g/mol. The number of aromatic nitrogens is 4. The molecule has 1 saturated heterocycles. The third-order valence-corrected chi connectivity index (χ3v) is 6.32. The Labute approximate surface area is 174 Å². The van der Waals surface area contributed by atoms with Crippen LogP contribution < -0.4 is 5.56 Å². The van der Waals surface area contributed by atoms with Gasteiger partial charge in [0.2, 0.25) is 0 Å². The summed E-state index contributed by atoms with van der Waals surface area (Å²) in [5.41, 5.74) is 4.39. The second kappa shape index (κ2) is 7.97. The van der Waals surface area contributed by atoms with Crippen LogP contribution in [-0.2, 0) is 19.4 Å². The number of benzene rings is 1. The lowest BCUT2D eigenvalue weighted by Crippen LogP contribution is -2.40. The van der Waals surface area contributed by atoms with Gasteiger partial charge in [-0.05, 0) is 68.2 Å². The molecule has 0 spiro atoms. The summed E-state index contributed by atoms with van der Waals surface area (Å²) >= 11 is 0. The quantitative estimate of drug-likeness (QED) is 0.672. The molecule has 1 aromatic carbocycles. The fourth-order valence-electron chi connectivity index (χ4n) is 4.57. The zero-order valence-corrected chi connectivity index (χ0v) is 17.0. The number of nitrogens with zero attached hydrogens (tertiary/aromatic N) is 5. The summed E-state index contributed by atoms with van der Waals surface area (Å²) in [6, 6.07) is 7.26. The molecule has 1 fully saturated rings. The number of amides is 1. The number of carbonyl (C=O) groups is 1. The maximum absolute atomic E-state index is 12.9. The zero-order chi connectivity index (χ0) is 20.5. The molecule has 3 heterocycles. The SMILES string of the molecule is O=C(c1ccc2nccnc2c1)N1CCC(Cn2nc3c(cc2=O)CCCC3)CC1. The maximum Gasteiger partial charge on any atom is 0.267 e. The number of fused-ring (bicyclic) bond motifs is 2. The molecule has 0 bridgehead atoms. The molecule has 0 atom stereocenters. The molecule has 1 aliphatic heterocycles. The van der Waals surface area contributed by atoms with Gasteiger partial charge in [-0.25, -0.2) is 4.68 Å². The van der Waals surface area contributed by atoms with Gasteiger partial charge in [0.15, 0.2) is 0 Å². The van der Waals surface area contributed by atoms with E-state index in [-0.39, 0.29) is 11.5 Å². The fourth-order valence-corrected chi connectivity index (χ4v) is 4.57. The van der Waals surface area contributed by atoms with E-state index in [1.165, 1.54) is 0 Å². The van der Waals surface area contributed by atoms with E-state index in [0.29, 0.717) is 31.1 Å². The van der Waals surface area contributed by atoms with Crippen molar-refractivity contribution in [2.45, 2.75) is 45.1 Å². The lowest BCUT2D eigenvalue weighted by Gasteiger charge is -2.32. The Hall–Kier alpha value is -3.09. The molecule has 0 unspecified atom stereocenters. The number of carbonyl (C=O) groups excluding carboxylic acids is 1. The summed E-state index contributed by atoms with van der Waals surface area (Å²) in [5.74, 6) is 0.397. The largest absolute Gasteiger partial charge is 0.339 e. The summed E-state index contributed by atoms with van der Waals surface area (Å²) in [5, 5.41) is 4.65. The van der Waals surface area contributed by atoms with Crippen LogP contribution in [-0.4, -0.2) is 43.6 Å². The summed E-state index contributed by atoms with van der Waals surface area (Å²) in [7, 11) is 0. The number of hydrogen-bond acceptors (Lipinski definition) is 5. The molecule has 30 heavy (non-hydrogen) atoms. The van der Waals surface area contributed by atoms with Crippen molar-refractivity contribution in [1.29, 1.82) is 0 Å². The molecule has 3 aromatic rings. The smallest absolute Gasteiger partial charge is 0.267 e. The average molecular weight is 403 g/mol. The van der Waals surface area contributed by atoms with Gasteiger partial charge < -0.3 is 4.90 Å². The standard InChI is InChI=1S/C23H25N5O2/c29-22-14-17-3-1-2-4-19(17)26-28(22)15-16-7-11-27(12-8-16)23(30)18-5-6-20-21(13-18)25-10-9-24-20/h5-6,9-10,13-14,16H,1-4,7-8,11-12,15H2. The van der Waals surface area contributed by atoms with Crippen molar-refractivity contribution in [3.8, 4) is 0 Å². The first-order chi connectivity index (χ1) is 14.7. The number of likely N-dealkylation sites (tertiary alicyclic amines) is 1. The van der Waals surface area contributed by atoms with Crippen molar-refractivity contribution in [2.24, 2.45) is 5.92 Å². The van der Waals surface area contributed by atoms with Crippen LogP contribution in [0.25, 0.3) is 11.0 Å². The zero-order valence-electron chi connectivity index (χ0n) is 17.0. The average Bonchev–Trinajstić information content (AvgIpc) is 2.79. The number of rotatable bonds is 3. The molecule has 1 aliphatic carbocycles. The van der Waals surface area contributed by atoms with Crippen LogP contribution in [0.15, 0.2) is 41.5 Å². The lowest BCUT2D eigenvalue weighted by atomic mass is 9.95. The fraction of sp³-hybridized carbons (Fsp3) is 0.435. The van der Waals surface area contributed by atoms with Crippen LogP contribution >= 0.6 is 0 Å². The van der Waals surface area contributed by atoms with Gasteiger partial charge in [0.25, 0.3) is 11.5 Å². The Morgan fingerprint density at radius 2 is 1.77 bits per heavy atom. The van der Waals surface area contributed by atoms with Gasteiger partial charge in [-0.15, -0.1) is 0 Å². The van der Waals surface area contributed by atoms with E-state index in [1.807, 2.05) is 23.1 Å². The minimum absolute atomic E-state index is 0.00595. The lowest BCUT2D eigenvalue weighted by molar-refractivity contribution is 0.0680. The number of aryl methyl sites for hydroxylation is 2. The molecule has 7 nitrogen and oxygen atoms in total. The van der Waals surface area contributed by atoms with E-state index in [1.54, 1.807) is 23.1 Å². The van der Waals surface area contributed by atoms with E-state index in [0.717, 1.165) is 60.8 Å². The van der Waals surface area contributed by atoms with E-state index < -0.39 is 0 Å². The number of piperidine rings is 1. The van der Waals surface area contributed by atoms with Crippen LogP contribution in [0.2, 0.25) is 0 Å². The molecule has 2 aliphatic rings. The van der Waals surface area contributed by atoms with Crippen molar-refractivity contribution < 1.29 is 4.79 Å². The Morgan fingerprint density at radius 1 is 1.00 bits per heavy atom. The molecular formula is C23H25N5O2. The van der Waals surface area contributed by atoms with Crippen LogP contribution in [0.1, 0.15) is 47.3 Å². The second-order valence-electron chi connectivity index (χ2n) is 8.34. The molecule has 0 saturated carbocycles.